The predicted molar refractivity (Wildman–Crippen MR) is 157 cm³/mol. The molecule has 2 N–H and O–H groups in total. The van der Waals surface area contributed by atoms with E-state index in [0.29, 0.717) is 56.7 Å². The molecule has 1 aliphatic heterocycles. The van der Waals surface area contributed by atoms with Gasteiger partial charge in [-0.1, -0.05) is 23.7 Å². The van der Waals surface area contributed by atoms with Crippen LogP contribution >= 0.6 is 11.6 Å². The second-order valence-corrected chi connectivity index (χ2v) is 10.6. The van der Waals surface area contributed by atoms with E-state index in [1.54, 1.807) is 42.5 Å². The number of nitriles is 1. The fourth-order valence-electron chi connectivity index (χ4n) is 4.50. The molecule has 4 aromatic rings. The Hall–Kier alpha value is -4.43. The molecule has 1 atom stereocenters. The third kappa shape index (κ3) is 6.89. The van der Waals surface area contributed by atoms with Crippen LogP contribution in [0.2, 0.25) is 5.02 Å². The number of amides is 1. The van der Waals surface area contributed by atoms with Crippen molar-refractivity contribution in [2.24, 2.45) is 0 Å². The molecule has 1 fully saturated rings. The number of carbonyl (C=O) groups excluding carboxylic acids is 1. The average molecular weight is 591 g/mol. The van der Waals surface area contributed by atoms with Gasteiger partial charge in [-0.25, -0.2) is 4.39 Å². The van der Waals surface area contributed by atoms with Crippen molar-refractivity contribution >= 4 is 45.5 Å². The lowest BCUT2D eigenvalue weighted by molar-refractivity contribution is -0.141. The fraction of sp³-hybridized carbons (Fsp3) is 0.258. The van der Waals surface area contributed by atoms with Gasteiger partial charge >= 0.3 is 0 Å². The highest BCUT2D eigenvalue weighted by atomic mass is 35.5. The number of nitrogens with one attached hydrogen (secondary N) is 2. The Morgan fingerprint density at radius 3 is 2.71 bits per heavy atom. The number of halogens is 2. The van der Waals surface area contributed by atoms with Crippen LogP contribution in [0.1, 0.15) is 31.9 Å². The molecule has 1 aliphatic rings. The number of hydrogen-bond donors (Lipinski definition) is 2. The third-order valence-electron chi connectivity index (χ3n) is 6.38. The van der Waals surface area contributed by atoms with E-state index < -0.39 is 5.79 Å². The maximum absolute atomic E-state index is 13.5. The molecule has 0 saturated carbocycles. The van der Waals surface area contributed by atoms with Gasteiger partial charge < -0.3 is 29.6 Å². The Balaban J connectivity index is 1.41. The molecular formula is C31H28ClFN4O5. The van der Waals surface area contributed by atoms with Crippen LogP contribution in [0, 0.1) is 17.1 Å². The molecule has 216 valence electrons. The normalized spacial score (nSPS) is 15.7. The first-order valence-corrected chi connectivity index (χ1v) is 13.5. The molecule has 11 heteroatoms. The summed E-state index contributed by atoms with van der Waals surface area (Å²) in [6.45, 7) is 5.79. The minimum absolute atomic E-state index is 0.145. The Bertz CT molecular complexity index is 1690. The number of pyridine rings is 1. The van der Waals surface area contributed by atoms with Crippen LogP contribution in [0.3, 0.4) is 0 Å². The highest BCUT2D eigenvalue weighted by Gasteiger charge is 2.33. The minimum atomic E-state index is -0.692. The molecule has 1 aromatic heterocycles. The van der Waals surface area contributed by atoms with Crippen molar-refractivity contribution in [3.05, 3.63) is 82.8 Å². The number of rotatable bonds is 9. The van der Waals surface area contributed by atoms with E-state index in [1.165, 1.54) is 25.3 Å². The van der Waals surface area contributed by atoms with Gasteiger partial charge in [0.05, 0.1) is 34.1 Å². The number of nitrogens with zero attached hydrogens (tertiary/aromatic N) is 2. The van der Waals surface area contributed by atoms with Gasteiger partial charge in [-0.05, 0) is 55.8 Å². The molecule has 0 bridgehead atoms. The number of anilines is 3. The topological polar surface area (TPSA) is 115 Å². The van der Waals surface area contributed by atoms with Gasteiger partial charge in [-0.2, -0.15) is 5.26 Å². The lowest BCUT2D eigenvalue weighted by Gasteiger charge is -2.19. The summed E-state index contributed by atoms with van der Waals surface area (Å²) in [5.74, 6) is -0.512. The summed E-state index contributed by atoms with van der Waals surface area (Å²) >= 11 is 6.49. The van der Waals surface area contributed by atoms with Crippen LogP contribution in [-0.4, -0.2) is 36.0 Å². The number of hydrogen-bond acceptors (Lipinski definition) is 8. The molecule has 1 saturated heterocycles. The van der Waals surface area contributed by atoms with Crippen molar-refractivity contribution < 1.29 is 28.1 Å². The largest absolute Gasteiger partial charge is 0.489 e. The van der Waals surface area contributed by atoms with Gasteiger partial charge in [0.2, 0.25) is 5.91 Å². The first-order chi connectivity index (χ1) is 20.1. The minimum Gasteiger partial charge on any atom is -0.489 e. The zero-order valence-corrected chi connectivity index (χ0v) is 23.9. The smallest absolute Gasteiger partial charge is 0.221 e. The quantitative estimate of drug-likeness (QED) is 0.221. The molecule has 9 nitrogen and oxygen atoms in total. The van der Waals surface area contributed by atoms with Crippen LogP contribution in [0.25, 0.3) is 10.9 Å². The van der Waals surface area contributed by atoms with Crippen LogP contribution in [-0.2, 0) is 20.9 Å². The Labute approximate surface area is 247 Å². The van der Waals surface area contributed by atoms with E-state index in [4.69, 9.17) is 30.5 Å². The number of carbonyl (C=O) groups is 1. The Morgan fingerprint density at radius 1 is 1.19 bits per heavy atom. The SMILES string of the molecule is CC(=O)Nc1cc2c(Nc3ccc(OCc4cccc(F)c4)c(Cl)c3)c(C#N)cnc2cc1OC[C@H]1COC(C)(C)O1. The van der Waals surface area contributed by atoms with Gasteiger partial charge in [0.1, 0.15) is 42.7 Å². The van der Waals surface area contributed by atoms with Crippen LogP contribution in [0.5, 0.6) is 11.5 Å². The van der Waals surface area contributed by atoms with Gasteiger partial charge in [0.15, 0.2) is 5.79 Å². The van der Waals surface area contributed by atoms with E-state index in [9.17, 15) is 14.4 Å². The first kappa shape index (κ1) is 29.1. The zero-order valence-electron chi connectivity index (χ0n) is 23.2. The maximum atomic E-state index is 13.5. The van der Waals surface area contributed by atoms with Gasteiger partial charge in [0, 0.05) is 30.3 Å². The number of ether oxygens (including phenoxy) is 4. The molecule has 0 aliphatic carbocycles. The molecule has 1 amide bonds. The van der Waals surface area contributed by atoms with E-state index in [2.05, 4.69) is 21.7 Å². The van der Waals surface area contributed by atoms with Crippen molar-refractivity contribution in [3.63, 3.8) is 0 Å². The van der Waals surface area contributed by atoms with Crippen molar-refractivity contribution in [3.8, 4) is 17.6 Å². The summed E-state index contributed by atoms with van der Waals surface area (Å²) in [5.41, 5.74) is 2.95. The Kier molecular flexibility index (Phi) is 8.45. The Morgan fingerprint density at radius 2 is 2.02 bits per heavy atom. The molecular weight excluding hydrogens is 563 g/mol. The van der Waals surface area contributed by atoms with E-state index in [0.717, 1.165) is 0 Å². The first-order valence-electron chi connectivity index (χ1n) is 13.1. The summed E-state index contributed by atoms with van der Waals surface area (Å²) in [6, 6.07) is 16.8. The summed E-state index contributed by atoms with van der Waals surface area (Å²) in [7, 11) is 0. The molecule has 5 rings (SSSR count). The van der Waals surface area contributed by atoms with Gasteiger partial charge in [0.25, 0.3) is 0 Å². The van der Waals surface area contributed by atoms with Gasteiger partial charge in [-0.15, -0.1) is 0 Å². The lowest BCUT2D eigenvalue weighted by Crippen LogP contribution is -2.25. The summed E-state index contributed by atoms with van der Waals surface area (Å²) in [4.78, 5) is 16.5. The maximum Gasteiger partial charge on any atom is 0.221 e. The van der Waals surface area contributed by atoms with Crippen LogP contribution < -0.4 is 20.1 Å². The fourth-order valence-corrected chi connectivity index (χ4v) is 4.74. The summed E-state index contributed by atoms with van der Waals surface area (Å²) in [6.07, 6.45) is 1.18. The predicted octanol–water partition coefficient (Wildman–Crippen LogP) is 6.71. The second-order valence-electron chi connectivity index (χ2n) is 10.2. The number of aromatic nitrogens is 1. The number of fused-ring (bicyclic) bond motifs is 1. The molecule has 2 heterocycles. The summed E-state index contributed by atoms with van der Waals surface area (Å²) < 4.78 is 36.7. The lowest BCUT2D eigenvalue weighted by atomic mass is 10.1. The van der Waals surface area contributed by atoms with Crippen molar-refractivity contribution in [1.82, 2.24) is 4.98 Å². The van der Waals surface area contributed by atoms with E-state index >= 15 is 0 Å². The van der Waals surface area contributed by atoms with Crippen molar-refractivity contribution in [2.45, 2.75) is 39.3 Å². The molecule has 3 aromatic carbocycles. The standard InChI is InChI=1S/C31H28ClFN4O5/c1-18(38)36-27-11-24-26(12-29(27)40-16-23-17-41-31(2,3)42-23)35-14-20(13-34)30(24)37-22-7-8-28(25(32)10-22)39-15-19-5-4-6-21(33)9-19/h4-12,14,23H,15-17H2,1-3H3,(H,35,37)(H,36,38)/t23-/m0/s1. The van der Waals surface area contributed by atoms with E-state index in [-0.39, 0.29) is 36.6 Å². The molecule has 42 heavy (non-hydrogen) atoms. The highest BCUT2D eigenvalue weighted by molar-refractivity contribution is 6.32. The third-order valence-corrected chi connectivity index (χ3v) is 6.67. The molecule has 0 spiro atoms. The number of benzene rings is 3. The summed E-state index contributed by atoms with van der Waals surface area (Å²) in [5, 5.41) is 16.8. The van der Waals surface area contributed by atoms with Crippen LogP contribution in [0.4, 0.5) is 21.5 Å². The average Bonchev–Trinajstić information content (AvgIpc) is 3.30. The highest BCUT2D eigenvalue weighted by Crippen LogP contribution is 2.38. The zero-order chi connectivity index (χ0) is 29.9. The second kappa shape index (κ2) is 12.2. The van der Waals surface area contributed by atoms with Crippen molar-refractivity contribution in [1.29, 1.82) is 5.26 Å². The van der Waals surface area contributed by atoms with Gasteiger partial charge in [-0.3, -0.25) is 9.78 Å². The van der Waals surface area contributed by atoms with E-state index in [1.807, 2.05) is 13.8 Å². The molecule has 0 radical (unpaired) electrons. The molecule has 0 unspecified atom stereocenters. The van der Waals surface area contributed by atoms with Crippen LogP contribution in [0.15, 0.2) is 60.8 Å². The van der Waals surface area contributed by atoms with Crippen molar-refractivity contribution in [2.75, 3.05) is 23.8 Å². The monoisotopic (exact) mass is 590 g/mol.